The van der Waals surface area contributed by atoms with Crippen molar-refractivity contribution in [1.82, 2.24) is 0 Å². The third kappa shape index (κ3) is 1.06. The summed E-state index contributed by atoms with van der Waals surface area (Å²) >= 11 is 0. The number of hydrogen-bond acceptors (Lipinski definition) is 2. The Balaban J connectivity index is 2.07. The van der Waals surface area contributed by atoms with Gasteiger partial charge in [-0.05, 0) is 19.3 Å². The molecule has 1 saturated carbocycles. The zero-order chi connectivity index (χ0) is 7.68. The molecule has 2 atom stereocenters. The van der Waals surface area contributed by atoms with Crippen LogP contribution in [0.25, 0.3) is 0 Å². The maximum Gasteiger partial charge on any atom is 0.125 e. The smallest absolute Gasteiger partial charge is 0.125 e. The van der Waals surface area contributed by atoms with Gasteiger partial charge in [0, 0.05) is 11.8 Å². The summed E-state index contributed by atoms with van der Waals surface area (Å²) in [6, 6.07) is 0. The van der Waals surface area contributed by atoms with Gasteiger partial charge in [-0.25, -0.2) is 0 Å². The van der Waals surface area contributed by atoms with Crippen molar-refractivity contribution in [3.05, 3.63) is 12.7 Å². The molecular weight excluding hydrogens is 138 g/mol. The van der Waals surface area contributed by atoms with Crippen molar-refractivity contribution < 1.29 is 4.84 Å². The van der Waals surface area contributed by atoms with Crippen molar-refractivity contribution in [2.75, 3.05) is 6.61 Å². The zero-order valence-corrected chi connectivity index (χ0v) is 6.62. The number of hydrogen-bond donors (Lipinski definition) is 0. The summed E-state index contributed by atoms with van der Waals surface area (Å²) in [6.45, 7) is 4.56. The SMILES string of the molecule is C=CC[C@H]1CC[C@H]2CON=C12. The second-order valence-corrected chi connectivity index (χ2v) is 3.31. The highest BCUT2D eigenvalue weighted by Gasteiger charge is 2.35. The number of allylic oxidation sites excluding steroid dienone is 1. The van der Waals surface area contributed by atoms with Crippen molar-refractivity contribution in [2.45, 2.75) is 19.3 Å². The monoisotopic (exact) mass is 151 g/mol. The molecule has 2 rings (SSSR count). The average Bonchev–Trinajstić information content (AvgIpc) is 2.53. The molecule has 0 aromatic heterocycles. The molecule has 60 valence electrons. The van der Waals surface area contributed by atoms with Gasteiger partial charge in [0.05, 0.1) is 5.71 Å². The molecule has 0 unspecified atom stereocenters. The average molecular weight is 151 g/mol. The first-order valence-corrected chi connectivity index (χ1v) is 4.22. The van der Waals surface area contributed by atoms with Gasteiger partial charge in [-0.1, -0.05) is 11.2 Å². The molecule has 0 radical (unpaired) electrons. The predicted molar refractivity (Wildman–Crippen MR) is 44.4 cm³/mol. The van der Waals surface area contributed by atoms with Crippen molar-refractivity contribution >= 4 is 5.71 Å². The fraction of sp³-hybridized carbons (Fsp3) is 0.667. The topological polar surface area (TPSA) is 21.6 Å². The standard InChI is InChI=1S/C9H13NO/c1-2-3-7-4-5-8-6-11-10-9(7)8/h2,7-8H,1,3-6H2/t7-,8-/m0/s1. The zero-order valence-electron chi connectivity index (χ0n) is 6.62. The Labute approximate surface area is 66.9 Å². The van der Waals surface area contributed by atoms with Crippen LogP contribution in [-0.2, 0) is 4.84 Å². The number of nitrogens with zero attached hydrogens (tertiary/aromatic N) is 1. The molecule has 1 fully saturated rings. The maximum atomic E-state index is 5.04. The molecule has 1 aliphatic heterocycles. The Morgan fingerprint density at radius 3 is 3.36 bits per heavy atom. The maximum absolute atomic E-state index is 5.04. The molecule has 2 heteroatoms. The van der Waals surface area contributed by atoms with Crippen LogP contribution in [0.15, 0.2) is 17.8 Å². The van der Waals surface area contributed by atoms with E-state index < -0.39 is 0 Å². The summed E-state index contributed by atoms with van der Waals surface area (Å²) in [5.74, 6) is 1.28. The fourth-order valence-electron chi connectivity index (χ4n) is 1.99. The van der Waals surface area contributed by atoms with Crippen LogP contribution in [0.1, 0.15) is 19.3 Å². The molecule has 0 aromatic carbocycles. The van der Waals surface area contributed by atoms with Gasteiger partial charge in [-0.15, -0.1) is 6.58 Å². The normalized spacial score (nSPS) is 34.4. The lowest BCUT2D eigenvalue weighted by Crippen LogP contribution is -2.11. The first-order chi connectivity index (χ1) is 5.42. The summed E-state index contributed by atoms with van der Waals surface area (Å²) in [7, 11) is 0. The van der Waals surface area contributed by atoms with Crippen LogP contribution < -0.4 is 0 Å². The molecule has 1 aliphatic carbocycles. The van der Waals surface area contributed by atoms with Crippen LogP contribution in [0.5, 0.6) is 0 Å². The first-order valence-electron chi connectivity index (χ1n) is 4.22. The highest BCUT2D eigenvalue weighted by Crippen LogP contribution is 2.34. The van der Waals surface area contributed by atoms with E-state index in [9.17, 15) is 0 Å². The van der Waals surface area contributed by atoms with Crippen LogP contribution in [0, 0.1) is 11.8 Å². The molecule has 0 amide bonds. The van der Waals surface area contributed by atoms with Gasteiger partial charge in [0.25, 0.3) is 0 Å². The van der Waals surface area contributed by atoms with E-state index in [4.69, 9.17) is 4.84 Å². The summed E-state index contributed by atoms with van der Waals surface area (Å²) < 4.78 is 0. The van der Waals surface area contributed by atoms with Gasteiger partial charge >= 0.3 is 0 Å². The second kappa shape index (κ2) is 2.68. The van der Waals surface area contributed by atoms with E-state index in [0.717, 1.165) is 13.0 Å². The van der Waals surface area contributed by atoms with Crippen LogP contribution >= 0.6 is 0 Å². The highest BCUT2D eigenvalue weighted by molar-refractivity contribution is 5.91. The molecule has 0 saturated heterocycles. The molecule has 0 aromatic rings. The molecule has 0 bridgehead atoms. The Hall–Kier alpha value is -0.790. The van der Waals surface area contributed by atoms with Crippen LogP contribution in [0.3, 0.4) is 0 Å². The molecule has 2 nitrogen and oxygen atoms in total. The van der Waals surface area contributed by atoms with Gasteiger partial charge in [0.15, 0.2) is 0 Å². The lowest BCUT2D eigenvalue weighted by atomic mass is 10.00. The van der Waals surface area contributed by atoms with Gasteiger partial charge in [0.2, 0.25) is 0 Å². The Morgan fingerprint density at radius 1 is 1.64 bits per heavy atom. The lowest BCUT2D eigenvalue weighted by molar-refractivity contribution is 0.151. The number of rotatable bonds is 2. The van der Waals surface area contributed by atoms with E-state index >= 15 is 0 Å². The molecule has 11 heavy (non-hydrogen) atoms. The van der Waals surface area contributed by atoms with Gasteiger partial charge in [0.1, 0.15) is 6.61 Å². The van der Waals surface area contributed by atoms with Crippen molar-refractivity contribution in [1.29, 1.82) is 0 Å². The molecule has 2 aliphatic rings. The van der Waals surface area contributed by atoms with E-state index in [0.29, 0.717) is 11.8 Å². The van der Waals surface area contributed by atoms with Crippen molar-refractivity contribution in [2.24, 2.45) is 17.0 Å². The van der Waals surface area contributed by atoms with Gasteiger partial charge in [-0.2, -0.15) is 0 Å². The predicted octanol–water partition coefficient (Wildman–Crippen LogP) is 1.97. The molecule has 0 spiro atoms. The lowest BCUT2D eigenvalue weighted by Gasteiger charge is -2.03. The summed E-state index contributed by atoms with van der Waals surface area (Å²) in [5, 5.41) is 4.07. The number of oxime groups is 1. The van der Waals surface area contributed by atoms with Crippen LogP contribution in [-0.4, -0.2) is 12.3 Å². The van der Waals surface area contributed by atoms with E-state index in [1.54, 1.807) is 0 Å². The summed E-state index contributed by atoms with van der Waals surface area (Å²) in [6.07, 6.45) is 5.59. The Kier molecular flexibility index (Phi) is 1.68. The van der Waals surface area contributed by atoms with E-state index in [1.807, 2.05) is 6.08 Å². The molecule has 1 heterocycles. The largest absolute Gasteiger partial charge is 0.395 e. The fourth-order valence-corrected chi connectivity index (χ4v) is 1.99. The minimum absolute atomic E-state index is 0.639. The third-order valence-corrected chi connectivity index (χ3v) is 2.60. The van der Waals surface area contributed by atoms with Crippen molar-refractivity contribution in [3.63, 3.8) is 0 Å². The minimum Gasteiger partial charge on any atom is -0.395 e. The minimum atomic E-state index is 0.639. The molecule has 0 N–H and O–H groups in total. The quantitative estimate of drug-likeness (QED) is 0.553. The second-order valence-electron chi connectivity index (χ2n) is 3.31. The van der Waals surface area contributed by atoms with Crippen molar-refractivity contribution in [3.8, 4) is 0 Å². The van der Waals surface area contributed by atoms with E-state index in [-0.39, 0.29) is 0 Å². The van der Waals surface area contributed by atoms with Crippen LogP contribution in [0.4, 0.5) is 0 Å². The van der Waals surface area contributed by atoms with Gasteiger partial charge in [-0.3, -0.25) is 0 Å². The molecular formula is C9H13NO. The Morgan fingerprint density at radius 2 is 2.55 bits per heavy atom. The van der Waals surface area contributed by atoms with E-state index in [2.05, 4.69) is 11.7 Å². The van der Waals surface area contributed by atoms with E-state index in [1.165, 1.54) is 18.6 Å². The first kappa shape index (κ1) is 6.89. The highest BCUT2D eigenvalue weighted by atomic mass is 16.6. The number of fused-ring (bicyclic) bond motifs is 1. The summed E-state index contributed by atoms with van der Waals surface area (Å²) in [4.78, 5) is 5.04. The Bertz CT molecular complexity index is 198. The third-order valence-electron chi connectivity index (χ3n) is 2.60. The van der Waals surface area contributed by atoms with Gasteiger partial charge < -0.3 is 4.84 Å². The summed E-state index contributed by atoms with van der Waals surface area (Å²) in [5.41, 5.74) is 1.30. The van der Waals surface area contributed by atoms with Crippen LogP contribution in [0.2, 0.25) is 0 Å².